The predicted molar refractivity (Wildman–Crippen MR) is 160 cm³/mol. The molecule has 3 N–H and O–H groups in total. The quantitative estimate of drug-likeness (QED) is 0.238. The number of esters is 1. The Labute approximate surface area is 257 Å². The molecule has 3 fully saturated rings. The standard InChI is InChI=1S/C30H40BFN2O9S/c1-7-28(4)13-21(29(5)16(2)10-11-30(17(3)27(28)38)12-19(35)25(37)26(29)30)43-22(36)15-42-20-9-8-18-14-33-34(44(6,40)41)31(39)23(18)24(20)32/h7-9,14,16-17,19,21,26-27,35,38-39H,1,10-13,15H2,2-6H3/t16-,17+,19+,21-,26+,27+,28-,29+,30+/m1/s1. The Morgan fingerprint density at radius 1 is 1.27 bits per heavy atom. The number of sulfonamides is 1. The zero-order valence-corrected chi connectivity index (χ0v) is 26.4. The van der Waals surface area contributed by atoms with E-state index in [2.05, 4.69) is 11.7 Å². The number of hydrazone groups is 1. The number of aliphatic hydroxyl groups is 2. The molecule has 4 aliphatic rings. The van der Waals surface area contributed by atoms with E-state index in [1.807, 2.05) is 27.7 Å². The van der Waals surface area contributed by atoms with Crippen LogP contribution in [-0.2, 0) is 24.3 Å². The van der Waals surface area contributed by atoms with Crippen LogP contribution in [-0.4, -0.2) is 84.2 Å². The minimum atomic E-state index is -4.01. The Balaban J connectivity index is 1.44. The van der Waals surface area contributed by atoms with Gasteiger partial charge in [-0.15, -0.1) is 6.58 Å². The van der Waals surface area contributed by atoms with Gasteiger partial charge < -0.3 is 24.7 Å². The first-order valence-electron chi connectivity index (χ1n) is 14.8. The van der Waals surface area contributed by atoms with Crippen LogP contribution < -0.4 is 10.2 Å². The smallest absolute Gasteiger partial charge is 0.479 e. The first-order chi connectivity index (χ1) is 20.4. The van der Waals surface area contributed by atoms with Gasteiger partial charge in [-0.1, -0.05) is 33.8 Å². The second-order valence-electron chi connectivity index (χ2n) is 13.5. The van der Waals surface area contributed by atoms with Gasteiger partial charge in [0, 0.05) is 22.2 Å². The van der Waals surface area contributed by atoms with E-state index in [4.69, 9.17) is 9.47 Å². The van der Waals surface area contributed by atoms with Crippen molar-refractivity contribution >= 4 is 40.5 Å². The number of carbonyl (C=O) groups is 2. The maximum Gasteiger partial charge on any atom is 0.487 e. The molecule has 5 rings (SSSR count). The molecule has 1 aliphatic heterocycles. The summed E-state index contributed by atoms with van der Waals surface area (Å²) < 4.78 is 51.4. The molecular formula is C30H40BFN2O9S. The molecule has 0 spiro atoms. The third kappa shape index (κ3) is 4.80. The number of carbonyl (C=O) groups excluding carboxylic acids is 2. The second kappa shape index (κ2) is 10.9. The maximum atomic E-state index is 15.5. The molecule has 1 aromatic carbocycles. The van der Waals surface area contributed by atoms with E-state index >= 15 is 4.39 Å². The Morgan fingerprint density at radius 2 is 1.95 bits per heavy atom. The van der Waals surface area contributed by atoms with Crippen LogP contribution in [0.25, 0.3) is 0 Å². The zero-order valence-electron chi connectivity index (χ0n) is 25.6. The summed E-state index contributed by atoms with van der Waals surface area (Å²) in [5, 5.41) is 36.7. The molecule has 2 bridgehead atoms. The van der Waals surface area contributed by atoms with Crippen molar-refractivity contribution in [3.05, 3.63) is 36.2 Å². The molecule has 11 nitrogen and oxygen atoms in total. The van der Waals surface area contributed by atoms with Crippen LogP contribution in [0.15, 0.2) is 29.9 Å². The highest BCUT2D eigenvalue weighted by atomic mass is 32.2. The van der Waals surface area contributed by atoms with Crippen LogP contribution in [0.3, 0.4) is 0 Å². The van der Waals surface area contributed by atoms with Gasteiger partial charge in [-0.3, -0.25) is 4.79 Å². The van der Waals surface area contributed by atoms with Crippen molar-refractivity contribution in [3.8, 4) is 5.75 Å². The molecular weight excluding hydrogens is 594 g/mol. The van der Waals surface area contributed by atoms with Gasteiger partial charge in [-0.05, 0) is 60.6 Å². The van der Waals surface area contributed by atoms with Gasteiger partial charge in [-0.2, -0.15) is 5.10 Å². The third-order valence-electron chi connectivity index (χ3n) is 11.2. The van der Waals surface area contributed by atoms with Gasteiger partial charge in [0.15, 0.2) is 24.0 Å². The number of nitrogens with zero attached hydrogens (tertiary/aromatic N) is 2. The Kier molecular flexibility index (Phi) is 8.09. The number of benzene rings is 1. The summed E-state index contributed by atoms with van der Waals surface area (Å²) in [6, 6.07) is 2.61. The topological polar surface area (TPSA) is 163 Å². The van der Waals surface area contributed by atoms with Crippen LogP contribution >= 0.6 is 0 Å². The minimum Gasteiger partial charge on any atom is -0.479 e. The molecule has 9 atom stereocenters. The monoisotopic (exact) mass is 634 g/mol. The summed E-state index contributed by atoms with van der Waals surface area (Å²) in [6.45, 7) is 10.9. The summed E-state index contributed by atoms with van der Waals surface area (Å²) in [7, 11) is -5.94. The summed E-state index contributed by atoms with van der Waals surface area (Å²) in [6.07, 6.45) is 2.29. The van der Waals surface area contributed by atoms with E-state index in [1.165, 1.54) is 12.1 Å². The van der Waals surface area contributed by atoms with Crippen molar-refractivity contribution in [1.82, 2.24) is 4.33 Å². The van der Waals surface area contributed by atoms with E-state index in [9.17, 15) is 33.2 Å². The van der Waals surface area contributed by atoms with Gasteiger partial charge in [0.25, 0.3) is 0 Å². The molecule has 1 aromatic rings. The molecule has 44 heavy (non-hydrogen) atoms. The molecule has 0 radical (unpaired) electrons. The molecule has 1 heterocycles. The summed E-state index contributed by atoms with van der Waals surface area (Å²) in [4.78, 5) is 27.0. The molecule has 240 valence electrons. The minimum absolute atomic E-state index is 0.0795. The van der Waals surface area contributed by atoms with Crippen LogP contribution in [0.4, 0.5) is 4.39 Å². The summed E-state index contributed by atoms with van der Waals surface area (Å²) in [5.41, 5.74) is -2.72. The van der Waals surface area contributed by atoms with Crippen LogP contribution in [0.2, 0.25) is 0 Å². The average Bonchev–Trinajstić information content (AvgIpc) is 3.23. The number of Topliss-reactive ketones (excluding diaryl/α,β-unsaturated/α-hetero) is 1. The van der Waals surface area contributed by atoms with Crippen molar-refractivity contribution in [2.75, 3.05) is 12.9 Å². The largest absolute Gasteiger partial charge is 0.487 e. The second-order valence-corrected chi connectivity index (χ2v) is 15.4. The zero-order chi connectivity index (χ0) is 32.6. The number of fused-ring (bicyclic) bond motifs is 1. The van der Waals surface area contributed by atoms with E-state index < -0.39 is 81.7 Å². The lowest BCUT2D eigenvalue weighted by Crippen LogP contribution is -2.63. The number of aliphatic hydroxyl groups excluding tert-OH is 2. The lowest BCUT2D eigenvalue weighted by molar-refractivity contribution is -0.207. The Bertz CT molecular complexity index is 1520. The molecule has 14 heteroatoms. The first kappa shape index (κ1) is 32.6. The fourth-order valence-corrected chi connectivity index (χ4v) is 9.14. The number of ether oxygens (including phenoxy) is 2. The fourth-order valence-electron chi connectivity index (χ4n) is 8.45. The van der Waals surface area contributed by atoms with Crippen molar-refractivity contribution in [3.63, 3.8) is 0 Å². The predicted octanol–water partition coefficient (Wildman–Crippen LogP) is 1.38. The number of hydrogen-bond acceptors (Lipinski definition) is 10. The number of ketones is 1. The average molecular weight is 635 g/mol. The summed E-state index contributed by atoms with van der Waals surface area (Å²) in [5.74, 6) is -3.71. The highest BCUT2D eigenvalue weighted by Crippen LogP contribution is 2.68. The molecule has 0 aromatic heterocycles. The first-order valence-corrected chi connectivity index (χ1v) is 16.7. The molecule has 3 aliphatic carbocycles. The van der Waals surface area contributed by atoms with Crippen molar-refractivity contribution in [1.29, 1.82) is 0 Å². The molecule has 0 unspecified atom stereocenters. The maximum absolute atomic E-state index is 15.5. The Morgan fingerprint density at radius 3 is 2.59 bits per heavy atom. The van der Waals surface area contributed by atoms with E-state index in [0.29, 0.717) is 17.2 Å². The lowest BCUT2D eigenvalue weighted by Gasteiger charge is -2.61. The fraction of sp³-hybridized carbons (Fsp3) is 0.633. The van der Waals surface area contributed by atoms with Crippen molar-refractivity contribution < 1.29 is 47.1 Å². The molecule has 3 saturated carbocycles. The van der Waals surface area contributed by atoms with Gasteiger partial charge >= 0.3 is 13.0 Å². The van der Waals surface area contributed by atoms with E-state index in [1.54, 1.807) is 6.08 Å². The van der Waals surface area contributed by atoms with E-state index in [0.717, 1.165) is 12.5 Å². The number of halogens is 1. The van der Waals surface area contributed by atoms with Gasteiger partial charge in [-0.25, -0.2) is 21.9 Å². The van der Waals surface area contributed by atoms with Crippen LogP contribution in [0.5, 0.6) is 5.75 Å². The number of hydrogen-bond donors (Lipinski definition) is 3. The van der Waals surface area contributed by atoms with Crippen molar-refractivity contribution in [2.45, 2.75) is 71.7 Å². The highest BCUT2D eigenvalue weighted by Gasteiger charge is 2.70. The van der Waals surface area contributed by atoms with Crippen LogP contribution in [0, 0.1) is 39.8 Å². The third-order valence-corrected chi connectivity index (χ3v) is 12.2. The van der Waals surface area contributed by atoms with Gasteiger partial charge in [0.1, 0.15) is 12.2 Å². The lowest BCUT2D eigenvalue weighted by atomic mass is 9.44. The van der Waals surface area contributed by atoms with Crippen LogP contribution in [0.1, 0.15) is 58.9 Å². The highest BCUT2D eigenvalue weighted by molar-refractivity contribution is 7.89. The van der Waals surface area contributed by atoms with Crippen molar-refractivity contribution in [2.24, 2.45) is 39.1 Å². The summed E-state index contributed by atoms with van der Waals surface area (Å²) >= 11 is 0. The van der Waals surface area contributed by atoms with Gasteiger partial charge in [0.05, 0.1) is 18.6 Å². The normalized spacial score (nSPS) is 38.3. The van der Waals surface area contributed by atoms with E-state index in [-0.39, 0.29) is 41.5 Å². The Hall–Kier alpha value is -2.81. The number of rotatable bonds is 6. The molecule has 0 amide bonds. The van der Waals surface area contributed by atoms with Gasteiger partial charge in [0.2, 0.25) is 10.0 Å². The SMILES string of the molecule is C=C[C@]1(C)C[C@@H](OC(=O)COc2ccc3c(c2F)B(O)N(S(C)(=O)=O)N=C3)[C@]2(C)[C@H](C)CC[C@]3(C[C@H](O)C(=O)[C@H]32)[C@@H](C)[C@@H]1O. The molecule has 0 saturated heterocycles.